The summed E-state index contributed by atoms with van der Waals surface area (Å²) in [5.74, 6) is 2.27. The standard InChI is InChI=1S/C20H24N2O3/c1-10-14-5-3-4-6-16(14)25-19(10)11(2)21-20(24)22-9-13-7-12-8-15(13)17(22)18(12)23/h3-6,11-13,15,17-18,23H,7-9H2,1-2H3,(H,21,24)/t11-,12+,13+,15-,17+,18-/m1/s1. The fraction of sp³-hybridized carbons (Fsp3) is 0.550. The van der Waals surface area contributed by atoms with Gasteiger partial charge in [0.15, 0.2) is 0 Å². The third-order valence-electron chi connectivity index (χ3n) is 6.72. The number of furan rings is 1. The van der Waals surface area contributed by atoms with Crippen LogP contribution in [0, 0.1) is 24.7 Å². The van der Waals surface area contributed by atoms with Gasteiger partial charge in [-0.1, -0.05) is 18.2 Å². The highest BCUT2D eigenvalue weighted by molar-refractivity contribution is 5.82. The van der Waals surface area contributed by atoms with Gasteiger partial charge in [0.25, 0.3) is 0 Å². The molecule has 2 saturated carbocycles. The molecule has 3 fully saturated rings. The molecule has 25 heavy (non-hydrogen) atoms. The summed E-state index contributed by atoms with van der Waals surface area (Å²) in [4.78, 5) is 14.7. The monoisotopic (exact) mass is 340 g/mol. The van der Waals surface area contributed by atoms with E-state index in [0.717, 1.165) is 41.7 Å². The maximum Gasteiger partial charge on any atom is 0.318 e. The number of aliphatic hydroxyl groups is 1. The number of aryl methyl sites for hydroxylation is 1. The zero-order chi connectivity index (χ0) is 17.3. The summed E-state index contributed by atoms with van der Waals surface area (Å²) in [5.41, 5.74) is 1.93. The summed E-state index contributed by atoms with van der Waals surface area (Å²) in [6.07, 6.45) is 1.81. The quantitative estimate of drug-likeness (QED) is 0.882. The van der Waals surface area contributed by atoms with E-state index in [2.05, 4.69) is 5.32 Å². The molecule has 5 rings (SSSR count). The van der Waals surface area contributed by atoms with Crippen molar-refractivity contribution in [1.29, 1.82) is 0 Å². The molecule has 1 aromatic heterocycles. The first-order valence-electron chi connectivity index (χ1n) is 9.28. The van der Waals surface area contributed by atoms with Crippen molar-refractivity contribution in [2.24, 2.45) is 17.8 Å². The molecule has 2 N–H and O–H groups in total. The number of nitrogens with one attached hydrogen (secondary N) is 1. The lowest BCUT2D eigenvalue weighted by Gasteiger charge is -2.29. The third-order valence-corrected chi connectivity index (χ3v) is 6.72. The van der Waals surface area contributed by atoms with Gasteiger partial charge in [-0.05, 0) is 50.5 Å². The van der Waals surface area contributed by atoms with Crippen LogP contribution in [0.4, 0.5) is 4.79 Å². The molecule has 5 nitrogen and oxygen atoms in total. The highest BCUT2D eigenvalue weighted by Crippen LogP contribution is 2.54. The number of likely N-dealkylation sites (tertiary alicyclic amines) is 1. The maximum absolute atomic E-state index is 12.9. The summed E-state index contributed by atoms with van der Waals surface area (Å²) in [5, 5.41) is 14.7. The van der Waals surface area contributed by atoms with Crippen LogP contribution in [0.1, 0.15) is 37.1 Å². The van der Waals surface area contributed by atoms with Gasteiger partial charge < -0.3 is 19.7 Å². The molecule has 1 aromatic carbocycles. The van der Waals surface area contributed by atoms with Crippen molar-refractivity contribution in [2.75, 3.05) is 6.54 Å². The number of urea groups is 1. The van der Waals surface area contributed by atoms with Gasteiger partial charge in [-0.2, -0.15) is 0 Å². The number of para-hydroxylation sites is 1. The van der Waals surface area contributed by atoms with E-state index >= 15 is 0 Å². The van der Waals surface area contributed by atoms with Crippen LogP contribution in [-0.4, -0.2) is 34.7 Å². The minimum atomic E-state index is -0.349. The molecule has 2 bridgehead atoms. The molecule has 3 aliphatic rings. The fourth-order valence-corrected chi connectivity index (χ4v) is 5.59. The summed E-state index contributed by atoms with van der Waals surface area (Å²) in [6.45, 7) is 4.77. The lowest BCUT2D eigenvalue weighted by atomic mass is 9.88. The van der Waals surface area contributed by atoms with E-state index in [0.29, 0.717) is 17.8 Å². The molecule has 0 spiro atoms. The van der Waals surface area contributed by atoms with Gasteiger partial charge in [0.1, 0.15) is 11.3 Å². The van der Waals surface area contributed by atoms with Gasteiger partial charge in [-0.3, -0.25) is 0 Å². The van der Waals surface area contributed by atoms with Crippen molar-refractivity contribution in [3.05, 3.63) is 35.6 Å². The van der Waals surface area contributed by atoms with Gasteiger partial charge in [-0.15, -0.1) is 0 Å². The van der Waals surface area contributed by atoms with Crippen LogP contribution < -0.4 is 5.32 Å². The Morgan fingerprint density at radius 3 is 2.88 bits per heavy atom. The summed E-state index contributed by atoms with van der Waals surface area (Å²) >= 11 is 0. The first kappa shape index (κ1) is 15.3. The number of benzene rings is 1. The number of hydrogen-bond acceptors (Lipinski definition) is 3. The van der Waals surface area contributed by atoms with E-state index in [-0.39, 0.29) is 24.2 Å². The number of carbonyl (C=O) groups excluding carboxylic acids is 1. The van der Waals surface area contributed by atoms with Gasteiger partial charge in [-0.25, -0.2) is 4.79 Å². The largest absolute Gasteiger partial charge is 0.459 e. The Kier molecular flexibility index (Phi) is 3.20. The molecule has 6 atom stereocenters. The Labute approximate surface area is 147 Å². The highest BCUT2D eigenvalue weighted by atomic mass is 16.3. The molecule has 2 amide bonds. The minimum Gasteiger partial charge on any atom is -0.459 e. The topological polar surface area (TPSA) is 65.7 Å². The summed E-state index contributed by atoms with van der Waals surface area (Å²) in [6, 6.07) is 7.67. The van der Waals surface area contributed by atoms with Gasteiger partial charge in [0.2, 0.25) is 0 Å². The zero-order valence-electron chi connectivity index (χ0n) is 14.6. The average molecular weight is 340 g/mol. The van der Waals surface area contributed by atoms with Crippen molar-refractivity contribution in [2.45, 2.75) is 44.9 Å². The number of fused-ring (bicyclic) bond motifs is 2. The molecule has 2 heterocycles. The van der Waals surface area contributed by atoms with Gasteiger partial charge >= 0.3 is 6.03 Å². The first-order valence-corrected chi connectivity index (χ1v) is 9.28. The third kappa shape index (κ3) is 2.08. The Balaban J connectivity index is 1.36. The van der Waals surface area contributed by atoms with E-state index < -0.39 is 0 Å². The number of carbonyl (C=O) groups is 1. The second-order valence-corrected chi connectivity index (χ2v) is 8.05. The number of amides is 2. The van der Waals surface area contributed by atoms with E-state index in [1.54, 1.807) is 0 Å². The van der Waals surface area contributed by atoms with E-state index in [1.807, 2.05) is 43.0 Å². The molecular formula is C20H24N2O3. The summed E-state index contributed by atoms with van der Waals surface area (Å²) < 4.78 is 5.98. The van der Waals surface area contributed by atoms with Crippen LogP contribution in [-0.2, 0) is 0 Å². The SMILES string of the molecule is Cc1c([C@@H](C)NC(=O)N2C[C@@H]3C[C@H]4C[C@H]3[C@H]2[C@@H]4O)oc2ccccc12. The predicted octanol–water partition coefficient (Wildman–Crippen LogP) is 3.21. The maximum atomic E-state index is 12.9. The molecule has 0 unspecified atom stereocenters. The lowest BCUT2D eigenvalue weighted by Crippen LogP contribution is -2.48. The molecule has 2 aromatic rings. The van der Waals surface area contributed by atoms with Gasteiger partial charge in [0.05, 0.1) is 18.2 Å². The number of nitrogens with zero attached hydrogens (tertiary/aromatic N) is 1. The van der Waals surface area contributed by atoms with Crippen molar-refractivity contribution < 1.29 is 14.3 Å². The van der Waals surface area contributed by atoms with E-state index in [4.69, 9.17) is 4.42 Å². The molecule has 2 aliphatic carbocycles. The average Bonchev–Trinajstić information content (AvgIpc) is 3.29. The van der Waals surface area contributed by atoms with E-state index in [9.17, 15) is 9.90 Å². The molecule has 5 heteroatoms. The van der Waals surface area contributed by atoms with Gasteiger partial charge in [0, 0.05) is 17.5 Å². The van der Waals surface area contributed by atoms with Crippen LogP contribution in [0.25, 0.3) is 11.0 Å². The second-order valence-electron chi connectivity index (χ2n) is 8.05. The molecular weight excluding hydrogens is 316 g/mol. The smallest absolute Gasteiger partial charge is 0.318 e. The van der Waals surface area contributed by atoms with E-state index in [1.165, 1.54) is 0 Å². The Morgan fingerprint density at radius 2 is 2.12 bits per heavy atom. The lowest BCUT2D eigenvalue weighted by molar-refractivity contribution is 0.0604. The number of hydrogen-bond donors (Lipinski definition) is 2. The van der Waals surface area contributed by atoms with Crippen LogP contribution in [0.5, 0.6) is 0 Å². The van der Waals surface area contributed by atoms with Crippen molar-refractivity contribution in [3.63, 3.8) is 0 Å². The molecule has 0 radical (unpaired) electrons. The zero-order valence-corrected chi connectivity index (χ0v) is 14.6. The molecule has 132 valence electrons. The normalized spacial score (nSPS) is 34.0. The molecule has 1 aliphatic heterocycles. The number of aliphatic hydroxyl groups excluding tert-OH is 1. The summed E-state index contributed by atoms with van der Waals surface area (Å²) in [7, 11) is 0. The van der Waals surface area contributed by atoms with Crippen LogP contribution in [0.15, 0.2) is 28.7 Å². The second kappa shape index (κ2) is 5.24. The Bertz CT molecular complexity index is 843. The minimum absolute atomic E-state index is 0.00715. The number of rotatable bonds is 2. The Morgan fingerprint density at radius 1 is 1.32 bits per heavy atom. The highest BCUT2D eigenvalue weighted by Gasteiger charge is 2.60. The van der Waals surface area contributed by atoms with Crippen LogP contribution in [0.2, 0.25) is 0 Å². The van der Waals surface area contributed by atoms with Crippen LogP contribution >= 0.6 is 0 Å². The predicted molar refractivity (Wildman–Crippen MR) is 94.1 cm³/mol. The van der Waals surface area contributed by atoms with Crippen molar-refractivity contribution >= 4 is 17.0 Å². The Hall–Kier alpha value is -2.01. The van der Waals surface area contributed by atoms with Crippen molar-refractivity contribution in [1.82, 2.24) is 10.2 Å². The first-order chi connectivity index (χ1) is 12.0. The fourth-order valence-electron chi connectivity index (χ4n) is 5.59. The van der Waals surface area contributed by atoms with Crippen LogP contribution in [0.3, 0.4) is 0 Å². The molecule has 1 saturated heterocycles. The van der Waals surface area contributed by atoms with Crippen molar-refractivity contribution in [3.8, 4) is 0 Å².